The second kappa shape index (κ2) is 7.63. The predicted molar refractivity (Wildman–Crippen MR) is 109 cm³/mol. The lowest BCUT2D eigenvalue weighted by atomic mass is 10.1. The average Bonchev–Trinajstić information content (AvgIpc) is 3.42. The predicted octanol–water partition coefficient (Wildman–Crippen LogP) is 3.73. The van der Waals surface area contributed by atoms with E-state index in [0.717, 1.165) is 33.9 Å². The molecular weight excluding hydrogens is 366 g/mol. The monoisotopic (exact) mass is 385 g/mol. The van der Waals surface area contributed by atoms with Crippen molar-refractivity contribution >= 4 is 5.69 Å². The number of rotatable bonds is 6. The number of para-hydroxylation sites is 1. The van der Waals surface area contributed by atoms with Crippen molar-refractivity contribution < 1.29 is 9.47 Å². The second-order valence-electron chi connectivity index (χ2n) is 6.71. The standard InChI is InChI=1S/C22H19N5O2/c1-2-4-19(24-12-16-7-9-23-10-8-16)18(3-1)22-25-14-27(26-22)13-17-5-6-20-21(11-17)29-15-28-20/h1-11,14,24H,12-13,15H2. The van der Waals surface area contributed by atoms with Crippen LogP contribution in [0.15, 0.2) is 73.3 Å². The number of nitrogens with zero attached hydrogens (tertiary/aromatic N) is 4. The molecule has 4 aromatic rings. The van der Waals surface area contributed by atoms with Crippen LogP contribution in [-0.4, -0.2) is 26.5 Å². The fourth-order valence-corrected chi connectivity index (χ4v) is 3.25. The molecule has 0 saturated carbocycles. The largest absolute Gasteiger partial charge is 0.454 e. The average molecular weight is 385 g/mol. The van der Waals surface area contributed by atoms with E-state index in [-0.39, 0.29) is 6.79 Å². The van der Waals surface area contributed by atoms with E-state index in [9.17, 15) is 0 Å². The van der Waals surface area contributed by atoms with Gasteiger partial charge in [0.2, 0.25) is 6.79 Å². The minimum atomic E-state index is 0.273. The van der Waals surface area contributed by atoms with Crippen LogP contribution in [0, 0.1) is 0 Å². The van der Waals surface area contributed by atoms with Crippen LogP contribution >= 0.6 is 0 Å². The summed E-state index contributed by atoms with van der Waals surface area (Å²) in [5, 5.41) is 8.14. The zero-order chi connectivity index (χ0) is 19.5. The first-order valence-electron chi connectivity index (χ1n) is 9.35. The van der Waals surface area contributed by atoms with Crippen molar-refractivity contribution in [2.75, 3.05) is 12.1 Å². The summed E-state index contributed by atoms with van der Waals surface area (Å²) in [6, 6.07) is 18.0. The van der Waals surface area contributed by atoms with E-state index in [1.807, 2.05) is 59.3 Å². The molecule has 144 valence electrons. The molecule has 7 heteroatoms. The van der Waals surface area contributed by atoms with Gasteiger partial charge >= 0.3 is 0 Å². The van der Waals surface area contributed by atoms with Crippen molar-refractivity contribution in [3.8, 4) is 22.9 Å². The molecule has 0 saturated heterocycles. The molecule has 0 atom stereocenters. The van der Waals surface area contributed by atoms with E-state index in [1.165, 1.54) is 0 Å². The molecule has 5 rings (SSSR count). The molecular formula is C22H19N5O2. The molecule has 0 bridgehead atoms. The van der Waals surface area contributed by atoms with Crippen LogP contribution < -0.4 is 14.8 Å². The second-order valence-corrected chi connectivity index (χ2v) is 6.71. The molecule has 0 aliphatic carbocycles. The maximum absolute atomic E-state index is 5.45. The van der Waals surface area contributed by atoms with E-state index in [2.05, 4.69) is 20.4 Å². The summed E-state index contributed by atoms with van der Waals surface area (Å²) in [5.74, 6) is 2.24. The van der Waals surface area contributed by atoms with Gasteiger partial charge in [-0.1, -0.05) is 18.2 Å². The van der Waals surface area contributed by atoms with Crippen LogP contribution in [-0.2, 0) is 13.1 Å². The van der Waals surface area contributed by atoms with Crippen molar-refractivity contribution in [1.29, 1.82) is 0 Å². The van der Waals surface area contributed by atoms with Crippen LogP contribution in [0.3, 0.4) is 0 Å². The molecule has 1 aliphatic heterocycles. The lowest BCUT2D eigenvalue weighted by Gasteiger charge is -2.10. The van der Waals surface area contributed by atoms with Gasteiger partial charge in [-0.25, -0.2) is 9.67 Å². The van der Waals surface area contributed by atoms with Crippen molar-refractivity contribution in [2.45, 2.75) is 13.1 Å². The zero-order valence-corrected chi connectivity index (χ0v) is 15.7. The molecule has 0 unspecified atom stereocenters. The van der Waals surface area contributed by atoms with Crippen LogP contribution in [0.2, 0.25) is 0 Å². The highest BCUT2D eigenvalue weighted by molar-refractivity contribution is 5.73. The van der Waals surface area contributed by atoms with Crippen molar-refractivity contribution in [3.63, 3.8) is 0 Å². The Balaban J connectivity index is 1.34. The number of pyridine rings is 1. The topological polar surface area (TPSA) is 74.1 Å². The Bertz CT molecular complexity index is 1130. The molecule has 7 nitrogen and oxygen atoms in total. The van der Waals surface area contributed by atoms with Crippen LogP contribution in [0.5, 0.6) is 11.5 Å². The molecule has 0 fully saturated rings. The van der Waals surface area contributed by atoms with Gasteiger partial charge in [0.15, 0.2) is 17.3 Å². The van der Waals surface area contributed by atoms with Gasteiger partial charge in [-0.15, -0.1) is 0 Å². The highest BCUT2D eigenvalue weighted by Gasteiger charge is 2.14. The van der Waals surface area contributed by atoms with Crippen molar-refractivity contribution in [1.82, 2.24) is 19.7 Å². The summed E-state index contributed by atoms with van der Waals surface area (Å²) in [6.07, 6.45) is 5.34. The lowest BCUT2D eigenvalue weighted by molar-refractivity contribution is 0.174. The SMILES string of the molecule is c1ccc(-c2ncn(Cc3ccc4c(c3)OCO4)n2)c(NCc2ccncc2)c1. The Morgan fingerprint density at radius 1 is 0.931 bits per heavy atom. The summed E-state index contributed by atoms with van der Waals surface area (Å²) < 4.78 is 12.6. The van der Waals surface area contributed by atoms with Gasteiger partial charge in [-0.05, 0) is 47.5 Å². The molecule has 2 aromatic carbocycles. The first-order valence-corrected chi connectivity index (χ1v) is 9.35. The molecule has 0 radical (unpaired) electrons. The minimum absolute atomic E-state index is 0.273. The zero-order valence-electron chi connectivity index (χ0n) is 15.7. The van der Waals surface area contributed by atoms with Gasteiger partial charge in [-0.3, -0.25) is 4.98 Å². The van der Waals surface area contributed by atoms with Gasteiger partial charge in [0, 0.05) is 30.2 Å². The first kappa shape index (κ1) is 17.2. The lowest BCUT2D eigenvalue weighted by Crippen LogP contribution is -2.02. The normalized spacial score (nSPS) is 12.1. The summed E-state index contributed by atoms with van der Waals surface area (Å²) in [4.78, 5) is 8.57. The highest BCUT2D eigenvalue weighted by atomic mass is 16.7. The number of benzene rings is 2. The summed E-state index contributed by atoms with van der Waals surface area (Å²) >= 11 is 0. The van der Waals surface area contributed by atoms with Gasteiger partial charge in [0.05, 0.1) is 6.54 Å². The van der Waals surface area contributed by atoms with Gasteiger partial charge in [0.25, 0.3) is 0 Å². The Morgan fingerprint density at radius 3 is 2.72 bits per heavy atom. The van der Waals surface area contributed by atoms with Gasteiger partial charge in [0.1, 0.15) is 6.33 Å². The Labute approximate surface area is 168 Å². The molecule has 3 heterocycles. The maximum atomic E-state index is 5.45. The summed E-state index contributed by atoms with van der Waals surface area (Å²) in [7, 11) is 0. The fourth-order valence-electron chi connectivity index (χ4n) is 3.25. The number of ether oxygens (including phenoxy) is 2. The Morgan fingerprint density at radius 2 is 1.79 bits per heavy atom. The number of hydrogen-bond donors (Lipinski definition) is 1. The van der Waals surface area contributed by atoms with Gasteiger partial charge < -0.3 is 14.8 Å². The van der Waals surface area contributed by atoms with E-state index < -0.39 is 0 Å². The quantitative estimate of drug-likeness (QED) is 0.545. The van der Waals surface area contributed by atoms with Gasteiger partial charge in [-0.2, -0.15) is 5.10 Å². The van der Waals surface area contributed by atoms with E-state index in [4.69, 9.17) is 9.47 Å². The Hall–Kier alpha value is -3.87. The molecule has 1 aliphatic rings. The third-order valence-electron chi connectivity index (χ3n) is 4.72. The number of nitrogens with one attached hydrogen (secondary N) is 1. The van der Waals surface area contributed by atoms with E-state index in [0.29, 0.717) is 18.9 Å². The van der Waals surface area contributed by atoms with Crippen LogP contribution in [0.25, 0.3) is 11.4 Å². The molecule has 29 heavy (non-hydrogen) atoms. The maximum Gasteiger partial charge on any atom is 0.231 e. The number of fused-ring (bicyclic) bond motifs is 1. The fraction of sp³-hybridized carbons (Fsp3) is 0.136. The van der Waals surface area contributed by atoms with E-state index >= 15 is 0 Å². The number of hydrogen-bond acceptors (Lipinski definition) is 6. The smallest absolute Gasteiger partial charge is 0.231 e. The molecule has 0 amide bonds. The van der Waals surface area contributed by atoms with Crippen LogP contribution in [0.4, 0.5) is 5.69 Å². The third kappa shape index (κ3) is 3.75. The third-order valence-corrected chi connectivity index (χ3v) is 4.72. The molecule has 0 spiro atoms. The first-order chi connectivity index (χ1) is 14.3. The van der Waals surface area contributed by atoms with Crippen LogP contribution in [0.1, 0.15) is 11.1 Å². The van der Waals surface area contributed by atoms with Crippen molar-refractivity contribution in [2.24, 2.45) is 0 Å². The number of aromatic nitrogens is 4. The molecule has 1 N–H and O–H groups in total. The van der Waals surface area contributed by atoms with Crippen molar-refractivity contribution in [3.05, 3.63) is 84.4 Å². The Kier molecular flexibility index (Phi) is 4.54. The summed E-state index contributed by atoms with van der Waals surface area (Å²) in [5.41, 5.74) is 4.20. The summed E-state index contributed by atoms with van der Waals surface area (Å²) in [6.45, 7) is 1.59. The highest BCUT2D eigenvalue weighted by Crippen LogP contribution is 2.32. The molecule has 2 aromatic heterocycles. The number of anilines is 1. The van der Waals surface area contributed by atoms with E-state index in [1.54, 1.807) is 18.7 Å². The minimum Gasteiger partial charge on any atom is -0.454 e.